The first kappa shape index (κ1) is 16.5. The quantitative estimate of drug-likeness (QED) is 0.771. The Labute approximate surface area is 133 Å². The third kappa shape index (κ3) is 4.30. The molecule has 0 N–H and O–H groups in total. The molecule has 0 aliphatic carbocycles. The Kier molecular flexibility index (Phi) is 5.94. The fraction of sp³-hybridized carbons (Fsp3) is 0.533. The fourth-order valence-corrected chi connectivity index (χ4v) is 2.96. The molecule has 0 aromatic carbocycles. The number of rotatable bonds is 5. The van der Waals surface area contributed by atoms with Crippen molar-refractivity contribution >= 4 is 29.2 Å². The van der Waals surface area contributed by atoms with Crippen LogP contribution in [-0.4, -0.2) is 49.0 Å². The van der Waals surface area contributed by atoms with Gasteiger partial charge in [-0.05, 0) is 31.2 Å². The van der Waals surface area contributed by atoms with Crippen LogP contribution in [-0.2, 0) is 19.1 Å². The molecular weight excluding hydrogens is 306 g/mol. The van der Waals surface area contributed by atoms with Gasteiger partial charge in [-0.25, -0.2) is 4.79 Å². The van der Waals surface area contributed by atoms with Gasteiger partial charge in [-0.3, -0.25) is 9.59 Å². The topological polar surface area (TPSA) is 72.9 Å². The number of amides is 1. The molecule has 1 saturated heterocycles. The predicted molar refractivity (Wildman–Crippen MR) is 80.5 cm³/mol. The molecule has 0 saturated carbocycles. The number of likely N-dealkylation sites (tertiary alicyclic amines) is 1. The van der Waals surface area contributed by atoms with Crippen LogP contribution in [0.3, 0.4) is 0 Å². The van der Waals surface area contributed by atoms with Crippen LogP contribution in [0, 0.1) is 5.92 Å². The van der Waals surface area contributed by atoms with E-state index in [0.29, 0.717) is 24.6 Å². The molecule has 1 aliphatic rings. The number of nitrogens with zero attached hydrogens (tertiary/aromatic N) is 1. The molecule has 22 heavy (non-hydrogen) atoms. The summed E-state index contributed by atoms with van der Waals surface area (Å²) < 4.78 is 10.0. The van der Waals surface area contributed by atoms with Crippen molar-refractivity contribution in [2.24, 2.45) is 5.92 Å². The number of hydrogen-bond donors (Lipinski definition) is 0. The zero-order chi connectivity index (χ0) is 15.9. The van der Waals surface area contributed by atoms with Gasteiger partial charge in [0.2, 0.25) is 0 Å². The molecule has 120 valence electrons. The standard InChI is InChI=1S/C15H19NO5S/c1-2-20-14(18)11-5-3-7-16(9-11)13(17)10-21-15(19)12-6-4-8-22-12/h4,6,8,11H,2-3,5,7,9-10H2,1H3. The zero-order valence-electron chi connectivity index (χ0n) is 12.4. The Balaban J connectivity index is 1.81. The van der Waals surface area contributed by atoms with Gasteiger partial charge < -0.3 is 14.4 Å². The smallest absolute Gasteiger partial charge is 0.348 e. The van der Waals surface area contributed by atoms with Crippen molar-refractivity contribution in [1.29, 1.82) is 0 Å². The second-order valence-electron chi connectivity index (χ2n) is 4.98. The molecule has 1 amide bonds. The molecule has 1 aromatic rings. The lowest BCUT2D eigenvalue weighted by molar-refractivity contribution is -0.151. The number of thiophene rings is 1. The van der Waals surface area contributed by atoms with E-state index in [0.717, 1.165) is 12.8 Å². The van der Waals surface area contributed by atoms with Crippen molar-refractivity contribution in [3.63, 3.8) is 0 Å². The summed E-state index contributed by atoms with van der Waals surface area (Å²) in [6.07, 6.45) is 1.46. The molecule has 1 fully saturated rings. The van der Waals surface area contributed by atoms with Gasteiger partial charge in [-0.2, -0.15) is 0 Å². The van der Waals surface area contributed by atoms with Crippen LogP contribution in [0.25, 0.3) is 0 Å². The Hall–Kier alpha value is -1.89. The minimum absolute atomic E-state index is 0.268. The van der Waals surface area contributed by atoms with Crippen LogP contribution >= 0.6 is 11.3 Å². The van der Waals surface area contributed by atoms with Gasteiger partial charge in [0.25, 0.3) is 5.91 Å². The number of piperidine rings is 1. The monoisotopic (exact) mass is 325 g/mol. The van der Waals surface area contributed by atoms with E-state index in [2.05, 4.69) is 0 Å². The van der Waals surface area contributed by atoms with Gasteiger partial charge in [-0.15, -0.1) is 11.3 Å². The summed E-state index contributed by atoms with van der Waals surface area (Å²) in [7, 11) is 0. The molecule has 2 heterocycles. The molecule has 0 spiro atoms. The van der Waals surface area contributed by atoms with Crippen molar-refractivity contribution < 1.29 is 23.9 Å². The summed E-state index contributed by atoms with van der Waals surface area (Å²) >= 11 is 1.27. The van der Waals surface area contributed by atoms with Gasteiger partial charge in [-0.1, -0.05) is 6.07 Å². The number of hydrogen-bond acceptors (Lipinski definition) is 6. The third-order valence-corrected chi connectivity index (χ3v) is 4.29. The molecular formula is C15H19NO5S. The SMILES string of the molecule is CCOC(=O)C1CCCN(C(=O)COC(=O)c2cccs2)C1. The van der Waals surface area contributed by atoms with Crippen molar-refractivity contribution in [3.05, 3.63) is 22.4 Å². The first-order valence-electron chi connectivity index (χ1n) is 7.27. The second kappa shape index (κ2) is 7.93. The third-order valence-electron chi connectivity index (χ3n) is 3.44. The molecule has 1 aliphatic heterocycles. The Morgan fingerprint density at radius 2 is 2.18 bits per heavy atom. The Morgan fingerprint density at radius 3 is 2.86 bits per heavy atom. The van der Waals surface area contributed by atoms with E-state index in [1.807, 2.05) is 0 Å². The van der Waals surface area contributed by atoms with Crippen LogP contribution in [0.4, 0.5) is 0 Å². The number of carbonyl (C=O) groups is 3. The minimum atomic E-state index is -0.498. The van der Waals surface area contributed by atoms with Crippen molar-refractivity contribution in [1.82, 2.24) is 4.90 Å². The second-order valence-corrected chi connectivity index (χ2v) is 5.93. The van der Waals surface area contributed by atoms with Crippen LogP contribution in [0.1, 0.15) is 29.4 Å². The van der Waals surface area contributed by atoms with Crippen LogP contribution in [0.15, 0.2) is 17.5 Å². The molecule has 2 rings (SSSR count). The van der Waals surface area contributed by atoms with E-state index < -0.39 is 5.97 Å². The number of ether oxygens (including phenoxy) is 2. The summed E-state index contributed by atoms with van der Waals surface area (Å²) in [6.45, 7) is 2.70. The highest BCUT2D eigenvalue weighted by atomic mass is 32.1. The summed E-state index contributed by atoms with van der Waals surface area (Å²) in [4.78, 5) is 37.6. The van der Waals surface area contributed by atoms with E-state index in [4.69, 9.17) is 9.47 Å². The van der Waals surface area contributed by atoms with Crippen molar-refractivity contribution in [2.45, 2.75) is 19.8 Å². The maximum atomic E-state index is 12.1. The highest BCUT2D eigenvalue weighted by Gasteiger charge is 2.29. The molecule has 0 radical (unpaired) electrons. The minimum Gasteiger partial charge on any atom is -0.466 e. The first-order chi connectivity index (χ1) is 10.6. The summed E-state index contributed by atoms with van der Waals surface area (Å²) in [6, 6.07) is 3.40. The van der Waals surface area contributed by atoms with Gasteiger partial charge in [0, 0.05) is 13.1 Å². The lowest BCUT2D eigenvalue weighted by Crippen LogP contribution is -2.44. The van der Waals surface area contributed by atoms with Crippen LogP contribution < -0.4 is 0 Å². The van der Waals surface area contributed by atoms with Crippen LogP contribution in [0.5, 0.6) is 0 Å². The normalized spacial score (nSPS) is 17.9. The van der Waals surface area contributed by atoms with Crippen molar-refractivity contribution in [3.8, 4) is 0 Å². The molecule has 0 bridgehead atoms. The highest BCUT2D eigenvalue weighted by Crippen LogP contribution is 2.18. The van der Waals surface area contributed by atoms with E-state index in [-0.39, 0.29) is 24.4 Å². The highest BCUT2D eigenvalue weighted by molar-refractivity contribution is 7.11. The van der Waals surface area contributed by atoms with Gasteiger partial charge in [0.05, 0.1) is 12.5 Å². The van der Waals surface area contributed by atoms with E-state index in [1.54, 1.807) is 29.3 Å². The first-order valence-corrected chi connectivity index (χ1v) is 8.14. The summed E-state index contributed by atoms with van der Waals surface area (Å²) in [5.74, 6) is -1.33. The van der Waals surface area contributed by atoms with Crippen LogP contribution in [0.2, 0.25) is 0 Å². The van der Waals surface area contributed by atoms with E-state index >= 15 is 0 Å². The van der Waals surface area contributed by atoms with Gasteiger partial charge in [0.15, 0.2) is 6.61 Å². The van der Waals surface area contributed by atoms with Crippen molar-refractivity contribution in [2.75, 3.05) is 26.3 Å². The maximum absolute atomic E-state index is 12.1. The largest absolute Gasteiger partial charge is 0.466 e. The summed E-state index contributed by atoms with van der Waals surface area (Å²) in [5.41, 5.74) is 0. The summed E-state index contributed by atoms with van der Waals surface area (Å²) in [5, 5.41) is 1.77. The lowest BCUT2D eigenvalue weighted by Gasteiger charge is -2.31. The number of esters is 2. The predicted octanol–water partition coefficient (Wildman–Crippen LogP) is 1.71. The fourth-order valence-electron chi connectivity index (χ4n) is 2.34. The molecule has 6 nitrogen and oxygen atoms in total. The van der Waals surface area contributed by atoms with Gasteiger partial charge >= 0.3 is 11.9 Å². The molecule has 1 atom stereocenters. The Morgan fingerprint density at radius 1 is 1.36 bits per heavy atom. The average Bonchev–Trinajstić information content (AvgIpc) is 3.07. The molecule has 1 unspecified atom stereocenters. The lowest BCUT2D eigenvalue weighted by atomic mass is 9.98. The van der Waals surface area contributed by atoms with Gasteiger partial charge in [0.1, 0.15) is 4.88 Å². The maximum Gasteiger partial charge on any atom is 0.348 e. The number of carbonyl (C=O) groups excluding carboxylic acids is 3. The van der Waals surface area contributed by atoms with E-state index in [1.165, 1.54) is 11.3 Å². The zero-order valence-corrected chi connectivity index (χ0v) is 13.3. The molecule has 7 heteroatoms. The van der Waals surface area contributed by atoms with E-state index in [9.17, 15) is 14.4 Å². The average molecular weight is 325 g/mol. The molecule has 1 aromatic heterocycles. The Bertz CT molecular complexity index is 528.